The SMILES string of the molecule is COc1ccc(CNC(c2ccccc2)c2cc(Br)ccc2O)cc1. The van der Waals surface area contributed by atoms with E-state index >= 15 is 0 Å². The van der Waals surface area contributed by atoms with Gasteiger partial charge in [-0.15, -0.1) is 0 Å². The fourth-order valence-corrected chi connectivity index (χ4v) is 3.15. The van der Waals surface area contributed by atoms with Crippen molar-refractivity contribution < 1.29 is 9.84 Å². The summed E-state index contributed by atoms with van der Waals surface area (Å²) in [6.45, 7) is 0.676. The summed E-state index contributed by atoms with van der Waals surface area (Å²) in [7, 11) is 1.66. The van der Waals surface area contributed by atoms with Gasteiger partial charge in [-0.3, -0.25) is 0 Å². The van der Waals surface area contributed by atoms with Gasteiger partial charge in [0.05, 0.1) is 13.2 Å². The summed E-state index contributed by atoms with van der Waals surface area (Å²) in [5.41, 5.74) is 3.09. The molecule has 128 valence electrons. The maximum absolute atomic E-state index is 10.4. The lowest BCUT2D eigenvalue weighted by Gasteiger charge is -2.21. The van der Waals surface area contributed by atoms with Crippen molar-refractivity contribution in [1.29, 1.82) is 0 Å². The first-order chi connectivity index (χ1) is 12.2. The predicted octanol–water partition coefficient (Wildman–Crippen LogP) is 5.04. The van der Waals surface area contributed by atoms with Gasteiger partial charge in [-0.05, 0) is 41.5 Å². The molecule has 3 aromatic carbocycles. The molecular formula is C21H20BrNO2. The van der Waals surface area contributed by atoms with Crippen molar-refractivity contribution in [2.24, 2.45) is 0 Å². The van der Waals surface area contributed by atoms with Gasteiger partial charge in [-0.2, -0.15) is 0 Å². The van der Waals surface area contributed by atoms with E-state index in [-0.39, 0.29) is 11.8 Å². The summed E-state index contributed by atoms with van der Waals surface area (Å²) < 4.78 is 6.14. The third-order valence-electron chi connectivity index (χ3n) is 4.10. The first-order valence-corrected chi connectivity index (χ1v) is 8.86. The van der Waals surface area contributed by atoms with Crippen molar-refractivity contribution in [3.8, 4) is 11.5 Å². The molecule has 0 aliphatic rings. The van der Waals surface area contributed by atoms with Crippen LogP contribution in [0.5, 0.6) is 11.5 Å². The van der Waals surface area contributed by atoms with Crippen LogP contribution < -0.4 is 10.1 Å². The maximum atomic E-state index is 10.4. The second kappa shape index (κ2) is 8.19. The number of phenolic OH excluding ortho intramolecular Hbond substituents is 1. The Morgan fingerprint density at radius 3 is 2.40 bits per heavy atom. The van der Waals surface area contributed by atoms with Gasteiger partial charge in [-0.25, -0.2) is 0 Å². The molecule has 3 aromatic rings. The Kier molecular flexibility index (Phi) is 5.74. The highest BCUT2D eigenvalue weighted by Gasteiger charge is 2.17. The van der Waals surface area contributed by atoms with E-state index in [1.54, 1.807) is 13.2 Å². The van der Waals surface area contributed by atoms with Gasteiger partial charge in [0.2, 0.25) is 0 Å². The summed E-state index contributed by atoms with van der Waals surface area (Å²) in [6.07, 6.45) is 0. The summed E-state index contributed by atoms with van der Waals surface area (Å²) in [5.74, 6) is 1.12. The molecular weight excluding hydrogens is 378 g/mol. The van der Waals surface area contributed by atoms with Crippen LogP contribution in [-0.2, 0) is 6.54 Å². The van der Waals surface area contributed by atoms with E-state index in [1.807, 2.05) is 54.6 Å². The van der Waals surface area contributed by atoms with Gasteiger partial charge in [0.15, 0.2) is 0 Å². The van der Waals surface area contributed by atoms with Crippen molar-refractivity contribution in [3.05, 3.63) is 94.0 Å². The molecule has 25 heavy (non-hydrogen) atoms. The van der Waals surface area contributed by atoms with Crippen molar-refractivity contribution >= 4 is 15.9 Å². The normalized spacial score (nSPS) is 11.9. The lowest BCUT2D eigenvalue weighted by Crippen LogP contribution is -2.22. The second-order valence-electron chi connectivity index (χ2n) is 5.78. The third kappa shape index (κ3) is 4.41. The minimum Gasteiger partial charge on any atom is -0.508 e. The number of phenols is 1. The van der Waals surface area contributed by atoms with Gasteiger partial charge in [-0.1, -0.05) is 58.4 Å². The number of benzene rings is 3. The van der Waals surface area contributed by atoms with Gasteiger partial charge in [0.25, 0.3) is 0 Å². The Bertz CT molecular complexity index is 819. The van der Waals surface area contributed by atoms with Crippen LogP contribution in [0.25, 0.3) is 0 Å². The highest BCUT2D eigenvalue weighted by molar-refractivity contribution is 9.10. The van der Waals surface area contributed by atoms with Crippen molar-refractivity contribution in [1.82, 2.24) is 5.32 Å². The Morgan fingerprint density at radius 2 is 1.72 bits per heavy atom. The van der Waals surface area contributed by atoms with Gasteiger partial charge >= 0.3 is 0 Å². The van der Waals surface area contributed by atoms with E-state index < -0.39 is 0 Å². The number of ether oxygens (including phenoxy) is 1. The van der Waals surface area contributed by atoms with E-state index in [0.717, 1.165) is 26.9 Å². The minimum absolute atomic E-state index is 0.110. The topological polar surface area (TPSA) is 41.5 Å². The summed E-state index contributed by atoms with van der Waals surface area (Å²) >= 11 is 3.50. The summed E-state index contributed by atoms with van der Waals surface area (Å²) in [4.78, 5) is 0. The highest BCUT2D eigenvalue weighted by atomic mass is 79.9. The monoisotopic (exact) mass is 397 g/mol. The molecule has 1 atom stereocenters. The molecule has 1 unspecified atom stereocenters. The lowest BCUT2D eigenvalue weighted by molar-refractivity contribution is 0.414. The fourth-order valence-electron chi connectivity index (χ4n) is 2.77. The Hall–Kier alpha value is -2.30. The molecule has 0 fully saturated rings. The molecule has 0 saturated heterocycles. The van der Waals surface area contributed by atoms with E-state index in [4.69, 9.17) is 4.74 Å². The van der Waals surface area contributed by atoms with E-state index in [1.165, 1.54) is 0 Å². The second-order valence-corrected chi connectivity index (χ2v) is 6.69. The van der Waals surface area contributed by atoms with Crippen molar-refractivity contribution in [3.63, 3.8) is 0 Å². The van der Waals surface area contributed by atoms with Gasteiger partial charge in [0.1, 0.15) is 11.5 Å². The molecule has 0 heterocycles. The Morgan fingerprint density at radius 1 is 1.00 bits per heavy atom. The molecule has 0 radical (unpaired) electrons. The molecule has 4 heteroatoms. The quantitative estimate of drug-likeness (QED) is 0.611. The van der Waals surface area contributed by atoms with Crippen LogP contribution in [0.4, 0.5) is 0 Å². The molecule has 3 rings (SSSR count). The zero-order valence-corrected chi connectivity index (χ0v) is 15.5. The molecule has 0 amide bonds. The molecule has 0 bridgehead atoms. The molecule has 0 aromatic heterocycles. The van der Waals surface area contributed by atoms with Crippen LogP contribution in [0.2, 0.25) is 0 Å². The number of halogens is 1. The smallest absolute Gasteiger partial charge is 0.120 e. The maximum Gasteiger partial charge on any atom is 0.120 e. The van der Waals surface area contributed by atoms with E-state index in [9.17, 15) is 5.11 Å². The van der Waals surface area contributed by atoms with E-state index in [2.05, 4.69) is 33.4 Å². The predicted molar refractivity (Wildman–Crippen MR) is 104 cm³/mol. The summed E-state index contributed by atoms with van der Waals surface area (Å²) in [6, 6.07) is 23.5. The molecule has 3 nitrogen and oxygen atoms in total. The number of hydrogen-bond donors (Lipinski definition) is 2. The first-order valence-electron chi connectivity index (χ1n) is 8.07. The van der Waals surface area contributed by atoms with Gasteiger partial charge in [0, 0.05) is 16.6 Å². The van der Waals surface area contributed by atoms with Crippen molar-refractivity contribution in [2.75, 3.05) is 7.11 Å². The van der Waals surface area contributed by atoms with Crippen LogP contribution in [0, 0.1) is 0 Å². The van der Waals surface area contributed by atoms with E-state index in [0.29, 0.717) is 6.54 Å². The molecule has 0 saturated carbocycles. The average Bonchev–Trinajstić information content (AvgIpc) is 2.66. The average molecular weight is 398 g/mol. The van der Waals surface area contributed by atoms with Crippen LogP contribution in [0.3, 0.4) is 0 Å². The molecule has 0 aliphatic carbocycles. The lowest BCUT2D eigenvalue weighted by atomic mass is 9.97. The number of rotatable bonds is 6. The largest absolute Gasteiger partial charge is 0.508 e. The summed E-state index contributed by atoms with van der Waals surface area (Å²) in [5, 5.41) is 13.9. The number of aromatic hydroxyl groups is 1. The number of hydrogen-bond acceptors (Lipinski definition) is 3. The zero-order valence-electron chi connectivity index (χ0n) is 13.9. The zero-order chi connectivity index (χ0) is 17.6. The Labute approximate surface area is 156 Å². The van der Waals surface area contributed by atoms with Crippen LogP contribution in [0.1, 0.15) is 22.7 Å². The van der Waals surface area contributed by atoms with Gasteiger partial charge < -0.3 is 15.2 Å². The number of nitrogens with one attached hydrogen (secondary N) is 1. The minimum atomic E-state index is -0.110. The highest BCUT2D eigenvalue weighted by Crippen LogP contribution is 2.32. The van der Waals surface area contributed by atoms with Crippen LogP contribution in [-0.4, -0.2) is 12.2 Å². The standard InChI is InChI=1S/C21H20BrNO2/c1-25-18-10-7-15(8-11-18)14-23-21(16-5-3-2-4-6-16)19-13-17(22)9-12-20(19)24/h2-13,21,23-24H,14H2,1H3. The third-order valence-corrected chi connectivity index (χ3v) is 4.60. The van der Waals surface area contributed by atoms with Crippen LogP contribution in [0.15, 0.2) is 77.3 Å². The first kappa shape index (κ1) is 17.5. The molecule has 0 spiro atoms. The Balaban J connectivity index is 1.87. The van der Waals surface area contributed by atoms with Crippen LogP contribution >= 0.6 is 15.9 Å². The molecule has 0 aliphatic heterocycles. The fraction of sp³-hybridized carbons (Fsp3) is 0.143. The molecule has 2 N–H and O–H groups in total. The number of methoxy groups -OCH3 is 1. The van der Waals surface area contributed by atoms with Crippen molar-refractivity contribution in [2.45, 2.75) is 12.6 Å².